The minimum Gasteiger partial charge on any atom is -0.294 e. The highest BCUT2D eigenvalue weighted by Gasteiger charge is 2.15. The minimum absolute atomic E-state index is 0.124. The zero-order valence-electron chi connectivity index (χ0n) is 11.0. The number of carbonyl (C=O) groups is 1. The quantitative estimate of drug-likeness (QED) is 0.669. The van der Waals surface area contributed by atoms with Gasteiger partial charge in [0, 0.05) is 23.6 Å². The monoisotopic (exact) mass is 299 g/mol. The molecule has 0 unspecified atom stereocenters. The SMILES string of the molecule is O=C(Cc1ccnc2ccccc12)c1cccc(F)c1Cl. The van der Waals surface area contributed by atoms with Crippen LogP contribution in [0.5, 0.6) is 0 Å². The van der Waals surface area contributed by atoms with E-state index in [-0.39, 0.29) is 22.8 Å². The normalized spacial score (nSPS) is 10.8. The van der Waals surface area contributed by atoms with E-state index in [0.717, 1.165) is 16.5 Å². The van der Waals surface area contributed by atoms with Gasteiger partial charge in [-0.1, -0.05) is 35.9 Å². The molecule has 3 aromatic rings. The molecule has 21 heavy (non-hydrogen) atoms. The van der Waals surface area contributed by atoms with E-state index >= 15 is 0 Å². The molecule has 0 aliphatic carbocycles. The van der Waals surface area contributed by atoms with Gasteiger partial charge in [-0.3, -0.25) is 9.78 Å². The zero-order valence-corrected chi connectivity index (χ0v) is 11.8. The zero-order chi connectivity index (χ0) is 14.8. The lowest BCUT2D eigenvalue weighted by Crippen LogP contribution is -2.06. The number of Topliss-reactive ketones (excluding diaryl/α,β-unsaturated/α-hetero) is 1. The molecule has 3 rings (SSSR count). The van der Waals surface area contributed by atoms with Crippen molar-refractivity contribution in [2.24, 2.45) is 0 Å². The molecule has 0 N–H and O–H groups in total. The molecule has 0 saturated carbocycles. The number of rotatable bonds is 3. The van der Waals surface area contributed by atoms with E-state index in [9.17, 15) is 9.18 Å². The summed E-state index contributed by atoms with van der Waals surface area (Å²) in [7, 11) is 0. The molecule has 0 atom stereocenters. The number of hydrogen-bond donors (Lipinski definition) is 0. The highest BCUT2D eigenvalue weighted by Crippen LogP contribution is 2.23. The lowest BCUT2D eigenvalue weighted by molar-refractivity contribution is 0.0993. The number of aromatic nitrogens is 1. The highest BCUT2D eigenvalue weighted by atomic mass is 35.5. The van der Waals surface area contributed by atoms with Gasteiger partial charge < -0.3 is 0 Å². The molecule has 2 nitrogen and oxygen atoms in total. The van der Waals surface area contributed by atoms with Crippen molar-refractivity contribution in [2.75, 3.05) is 0 Å². The van der Waals surface area contributed by atoms with Crippen molar-refractivity contribution in [3.8, 4) is 0 Å². The molecule has 0 aliphatic rings. The van der Waals surface area contributed by atoms with Crippen LogP contribution < -0.4 is 0 Å². The topological polar surface area (TPSA) is 30.0 Å². The Bertz CT molecular complexity index is 827. The molecule has 1 aromatic heterocycles. The number of nitrogens with zero attached hydrogens (tertiary/aromatic N) is 1. The van der Waals surface area contributed by atoms with Crippen LogP contribution in [0.4, 0.5) is 4.39 Å². The molecular formula is C17H11ClFNO. The fraction of sp³-hybridized carbons (Fsp3) is 0.0588. The van der Waals surface area contributed by atoms with Crippen LogP contribution in [0.3, 0.4) is 0 Å². The van der Waals surface area contributed by atoms with Gasteiger partial charge in [0.05, 0.1) is 10.5 Å². The van der Waals surface area contributed by atoms with Gasteiger partial charge >= 0.3 is 0 Å². The van der Waals surface area contributed by atoms with Crippen LogP contribution in [-0.2, 0) is 6.42 Å². The Morgan fingerprint density at radius 2 is 1.90 bits per heavy atom. The van der Waals surface area contributed by atoms with Gasteiger partial charge in [0.1, 0.15) is 5.82 Å². The summed E-state index contributed by atoms with van der Waals surface area (Å²) in [5, 5.41) is 0.793. The van der Waals surface area contributed by atoms with Gasteiger partial charge in [0.15, 0.2) is 5.78 Å². The van der Waals surface area contributed by atoms with Crippen LogP contribution in [0, 0.1) is 5.82 Å². The molecule has 0 fully saturated rings. The predicted octanol–water partition coefficient (Wildman–Crippen LogP) is 4.45. The maximum Gasteiger partial charge on any atom is 0.168 e. The standard InChI is InChI=1S/C17H11ClFNO/c18-17-13(5-3-6-14(17)19)16(21)10-11-8-9-20-15-7-2-1-4-12(11)15/h1-9H,10H2. The van der Waals surface area contributed by atoms with Gasteiger partial charge in [-0.25, -0.2) is 4.39 Å². The van der Waals surface area contributed by atoms with Crippen LogP contribution in [-0.4, -0.2) is 10.8 Å². The van der Waals surface area contributed by atoms with Gasteiger partial charge in [-0.15, -0.1) is 0 Å². The third-order valence-corrected chi connectivity index (χ3v) is 3.73. The van der Waals surface area contributed by atoms with Crippen LogP contribution in [0.2, 0.25) is 5.02 Å². The van der Waals surface area contributed by atoms with E-state index in [1.165, 1.54) is 18.2 Å². The third-order valence-electron chi connectivity index (χ3n) is 3.34. The molecule has 0 saturated heterocycles. The average molecular weight is 300 g/mol. The molecule has 4 heteroatoms. The molecule has 0 bridgehead atoms. The third kappa shape index (κ3) is 2.65. The molecule has 2 aromatic carbocycles. The second-order valence-electron chi connectivity index (χ2n) is 4.69. The molecular weight excluding hydrogens is 289 g/mol. The van der Waals surface area contributed by atoms with Crippen molar-refractivity contribution in [2.45, 2.75) is 6.42 Å². The maximum absolute atomic E-state index is 13.4. The summed E-state index contributed by atoms with van der Waals surface area (Å²) in [6, 6.07) is 13.7. The van der Waals surface area contributed by atoms with Crippen molar-refractivity contribution in [3.05, 3.63) is 76.7 Å². The van der Waals surface area contributed by atoms with E-state index in [0.29, 0.717) is 0 Å². The molecule has 0 aliphatic heterocycles. The van der Waals surface area contributed by atoms with Gasteiger partial charge in [0.2, 0.25) is 0 Å². The van der Waals surface area contributed by atoms with E-state index in [1.54, 1.807) is 12.3 Å². The Morgan fingerprint density at radius 1 is 1.10 bits per heavy atom. The smallest absolute Gasteiger partial charge is 0.168 e. The summed E-state index contributed by atoms with van der Waals surface area (Å²) in [6.45, 7) is 0. The van der Waals surface area contributed by atoms with Gasteiger partial charge in [-0.05, 0) is 29.8 Å². The first kappa shape index (κ1) is 13.7. The lowest BCUT2D eigenvalue weighted by Gasteiger charge is -2.07. The van der Waals surface area contributed by atoms with Crippen LogP contribution >= 0.6 is 11.6 Å². The summed E-state index contributed by atoms with van der Waals surface area (Å²) in [5.41, 5.74) is 1.89. The summed E-state index contributed by atoms with van der Waals surface area (Å²) >= 11 is 5.86. The first-order valence-corrected chi connectivity index (χ1v) is 6.84. The van der Waals surface area contributed by atoms with Crippen molar-refractivity contribution < 1.29 is 9.18 Å². The Morgan fingerprint density at radius 3 is 2.76 bits per heavy atom. The number of ketones is 1. The fourth-order valence-electron chi connectivity index (χ4n) is 2.30. The lowest BCUT2D eigenvalue weighted by atomic mass is 10.00. The van der Waals surface area contributed by atoms with Crippen LogP contribution in [0.25, 0.3) is 10.9 Å². The molecule has 0 amide bonds. The Labute approximate surface area is 126 Å². The van der Waals surface area contributed by atoms with Crippen molar-refractivity contribution in [1.29, 1.82) is 0 Å². The van der Waals surface area contributed by atoms with E-state index in [4.69, 9.17) is 11.6 Å². The van der Waals surface area contributed by atoms with E-state index < -0.39 is 5.82 Å². The highest BCUT2D eigenvalue weighted by molar-refractivity contribution is 6.34. The number of hydrogen-bond acceptors (Lipinski definition) is 2. The Hall–Kier alpha value is -2.26. The Balaban J connectivity index is 1.99. The van der Waals surface area contributed by atoms with Crippen molar-refractivity contribution >= 4 is 28.3 Å². The molecule has 0 spiro atoms. The number of halogens is 2. The second kappa shape index (κ2) is 5.62. The minimum atomic E-state index is -0.581. The van der Waals surface area contributed by atoms with Gasteiger partial charge in [-0.2, -0.15) is 0 Å². The summed E-state index contributed by atoms with van der Waals surface area (Å²) in [6.07, 6.45) is 1.82. The molecule has 0 radical (unpaired) electrons. The fourth-order valence-corrected chi connectivity index (χ4v) is 2.53. The number of para-hydroxylation sites is 1. The maximum atomic E-state index is 13.4. The number of fused-ring (bicyclic) bond motifs is 1. The van der Waals surface area contributed by atoms with Crippen LogP contribution in [0.15, 0.2) is 54.7 Å². The van der Waals surface area contributed by atoms with Crippen LogP contribution in [0.1, 0.15) is 15.9 Å². The largest absolute Gasteiger partial charge is 0.294 e. The second-order valence-corrected chi connectivity index (χ2v) is 5.07. The summed E-state index contributed by atoms with van der Waals surface area (Å²) in [5.74, 6) is -0.794. The Kier molecular flexibility index (Phi) is 3.67. The summed E-state index contributed by atoms with van der Waals surface area (Å²) < 4.78 is 13.4. The van der Waals surface area contributed by atoms with Crippen molar-refractivity contribution in [1.82, 2.24) is 4.98 Å². The van der Waals surface area contributed by atoms with Crippen molar-refractivity contribution in [3.63, 3.8) is 0 Å². The molecule has 104 valence electrons. The average Bonchev–Trinajstić information content (AvgIpc) is 2.50. The van der Waals surface area contributed by atoms with E-state index in [1.807, 2.05) is 24.3 Å². The first-order chi connectivity index (χ1) is 10.2. The van der Waals surface area contributed by atoms with Gasteiger partial charge in [0.25, 0.3) is 0 Å². The number of pyridine rings is 1. The van der Waals surface area contributed by atoms with E-state index in [2.05, 4.69) is 4.98 Å². The summed E-state index contributed by atoms with van der Waals surface area (Å²) in [4.78, 5) is 16.6. The molecule has 1 heterocycles. The first-order valence-electron chi connectivity index (χ1n) is 6.46. The number of benzene rings is 2. The predicted molar refractivity (Wildman–Crippen MR) is 81.2 cm³/mol. The number of carbonyl (C=O) groups excluding carboxylic acids is 1.